The second-order valence-corrected chi connectivity index (χ2v) is 3.34. The van der Waals surface area contributed by atoms with E-state index in [4.69, 9.17) is 0 Å². The molecule has 0 saturated carbocycles. The molecule has 2 heterocycles. The molecule has 3 nitrogen and oxygen atoms in total. The van der Waals surface area contributed by atoms with Crippen LogP contribution in [0.15, 0.2) is 0 Å². The van der Waals surface area contributed by atoms with Crippen LogP contribution >= 0.6 is 0 Å². The number of nitrogens with one attached hydrogen (secondary N) is 1. The van der Waals surface area contributed by atoms with Gasteiger partial charge in [-0.05, 0) is 19.3 Å². The number of fused-ring (bicyclic) bond motifs is 2. The van der Waals surface area contributed by atoms with Crippen LogP contribution in [0.4, 0.5) is 0 Å². The molecule has 0 unspecified atom stereocenters. The van der Waals surface area contributed by atoms with Gasteiger partial charge in [0.1, 0.15) is 0 Å². The van der Waals surface area contributed by atoms with Gasteiger partial charge in [0.05, 0.1) is 18.2 Å². The topological polar surface area (TPSA) is 52.5 Å². The molecule has 2 bridgehead atoms. The lowest BCUT2D eigenvalue weighted by Crippen LogP contribution is -2.46. The fourth-order valence-electron chi connectivity index (χ4n) is 2.01. The quantitative estimate of drug-likeness (QED) is 0.417. The molecule has 0 aliphatic carbocycles. The molecule has 2 rings (SSSR count). The maximum Gasteiger partial charge on any atom is 0.0733 e. The van der Waals surface area contributed by atoms with E-state index >= 15 is 0 Å². The van der Waals surface area contributed by atoms with Crippen molar-refractivity contribution in [2.24, 2.45) is 0 Å². The summed E-state index contributed by atoms with van der Waals surface area (Å²) in [6.07, 6.45) is 2.03. The van der Waals surface area contributed by atoms with Crippen LogP contribution in [0.25, 0.3) is 0 Å². The molecule has 4 atom stereocenters. The molecular weight excluding hydrogens is 130 g/mol. The van der Waals surface area contributed by atoms with Crippen molar-refractivity contribution < 1.29 is 10.2 Å². The Morgan fingerprint density at radius 2 is 1.90 bits per heavy atom. The molecule has 0 aromatic carbocycles. The average Bonchev–Trinajstić information content (AvgIpc) is 2.21. The molecule has 0 spiro atoms. The molecule has 2 fully saturated rings. The fourth-order valence-corrected chi connectivity index (χ4v) is 2.01. The van der Waals surface area contributed by atoms with Gasteiger partial charge < -0.3 is 15.5 Å². The molecule has 0 aromatic rings. The van der Waals surface area contributed by atoms with Gasteiger partial charge in [-0.2, -0.15) is 0 Å². The zero-order valence-corrected chi connectivity index (χ0v) is 5.83. The zero-order valence-electron chi connectivity index (χ0n) is 5.83. The minimum Gasteiger partial charge on any atom is -0.391 e. The lowest BCUT2D eigenvalue weighted by molar-refractivity contribution is 0.0524. The van der Waals surface area contributed by atoms with Gasteiger partial charge in [-0.1, -0.05) is 0 Å². The Labute approximate surface area is 60.1 Å². The maximum atomic E-state index is 9.35. The molecule has 0 radical (unpaired) electrons. The van der Waals surface area contributed by atoms with Crippen molar-refractivity contribution in [1.82, 2.24) is 5.32 Å². The SMILES string of the molecule is O[C@@H]1C[C@@H]2CC[C@H](O)[C@@H]1N2. The van der Waals surface area contributed by atoms with Crippen molar-refractivity contribution in [3.63, 3.8) is 0 Å². The van der Waals surface area contributed by atoms with Crippen molar-refractivity contribution in [2.75, 3.05) is 0 Å². The van der Waals surface area contributed by atoms with Gasteiger partial charge >= 0.3 is 0 Å². The lowest BCUT2D eigenvalue weighted by atomic mass is 10.0. The van der Waals surface area contributed by atoms with Crippen molar-refractivity contribution >= 4 is 0 Å². The minimum atomic E-state index is -0.325. The van der Waals surface area contributed by atoms with Crippen LogP contribution in [0.2, 0.25) is 0 Å². The number of piperidine rings is 1. The second kappa shape index (κ2) is 2.19. The van der Waals surface area contributed by atoms with E-state index in [9.17, 15) is 10.2 Å². The Bertz CT molecular complexity index is 136. The van der Waals surface area contributed by atoms with E-state index in [2.05, 4.69) is 5.32 Å². The number of hydrogen-bond acceptors (Lipinski definition) is 3. The first kappa shape index (κ1) is 6.58. The van der Waals surface area contributed by atoms with Crippen molar-refractivity contribution in [1.29, 1.82) is 0 Å². The number of rotatable bonds is 0. The molecule has 3 heteroatoms. The van der Waals surface area contributed by atoms with Gasteiger partial charge in [0.15, 0.2) is 0 Å². The maximum absolute atomic E-state index is 9.35. The van der Waals surface area contributed by atoms with Gasteiger partial charge in [-0.25, -0.2) is 0 Å². The van der Waals surface area contributed by atoms with Crippen LogP contribution in [0.3, 0.4) is 0 Å². The van der Waals surface area contributed by atoms with Crippen LogP contribution in [0.1, 0.15) is 19.3 Å². The highest BCUT2D eigenvalue weighted by Crippen LogP contribution is 2.26. The number of hydrogen-bond donors (Lipinski definition) is 3. The highest BCUT2D eigenvalue weighted by molar-refractivity contribution is 4.99. The summed E-state index contributed by atoms with van der Waals surface area (Å²) in [5, 5.41) is 21.9. The third-order valence-corrected chi connectivity index (χ3v) is 2.59. The third-order valence-electron chi connectivity index (χ3n) is 2.59. The summed E-state index contributed by atoms with van der Waals surface area (Å²) >= 11 is 0. The summed E-state index contributed by atoms with van der Waals surface area (Å²) in [6, 6.07) is 0.419. The predicted molar refractivity (Wildman–Crippen MR) is 36.6 cm³/mol. The first-order valence-corrected chi connectivity index (χ1v) is 3.89. The van der Waals surface area contributed by atoms with E-state index in [1.165, 1.54) is 0 Å². The van der Waals surface area contributed by atoms with Crippen LogP contribution in [0.5, 0.6) is 0 Å². The summed E-state index contributed by atoms with van der Waals surface area (Å²) in [4.78, 5) is 0. The van der Waals surface area contributed by atoms with E-state index in [0.717, 1.165) is 19.3 Å². The molecular formula is C7H13NO2. The molecule has 2 saturated heterocycles. The molecule has 10 heavy (non-hydrogen) atoms. The highest BCUT2D eigenvalue weighted by Gasteiger charge is 2.40. The van der Waals surface area contributed by atoms with Gasteiger partial charge in [0.2, 0.25) is 0 Å². The number of aliphatic hydroxyl groups excluding tert-OH is 2. The first-order valence-electron chi connectivity index (χ1n) is 3.89. The normalized spacial score (nSPS) is 53.4. The minimum absolute atomic E-state index is 0.0428. The predicted octanol–water partition coefficient (Wildman–Crippen LogP) is -0.768. The van der Waals surface area contributed by atoms with E-state index in [1.807, 2.05) is 0 Å². The summed E-state index contributed by atoms with van der Waals surface area (Å²) in [6.45, 7) is 0. The average molecular weight is 143 g/mol. The van der Waals surface area contributed by atoms with Gasteiger partial charge in [0.25, 0.3) is 0 Å². The van der Waals surface area contributed by atoms with E-state index in [0.29, 0.717) is 6.04 Å². The summed E-state index contributed by atoms with van der Waals surface area (Å²) in [5.41, 5.74) is 0. The molecule has 58 valence electrons. The van der Waals surface area contributed by atoms with E-state index < -0.39 is 0 Å². The highest BCUT2D eigenvalue weighted by atomic mass is 16.3. The fraction of sp³-hybridized carbons (Fsp3) is 1.00. The third kappa shape index (κ3) is 0.856. The molecule has 0 amide bonds. The zero-order chi connectivity index (χ0) is 7.14. The molecule has 2 aliphatic rings. The Morgan fingerprint density at radius 1 is 1.10 bits per heavy atom. The largest absolute Gasteiger partial charge is 0.391 e. The van der Waals surface area contributed by atoms with Gasteiger partial charge in [0, 0.05) is 6.04 Å². The molecule has 0 aromatic heterocycles. The van der Waals surface area contributed by atoms with Crippen LogP contribution in [-0.4, -0.2) is 34.5 Å². The van der Waals surface area contributed by atoms with Crippen LogP contribution in [-0.2, 0) is 0 Å². The Balaban J connectivity index is 2.10. The van der Waals surface area contributed by atoms with Gasteiger partial charge in [-0.3, -0.25) is 0 Å². The van der Waals surface area contributed by atoms with Crippen molar-refractivity contribution in [3.8, 4) is 0 Å². The Hall–Kier alpha value is -0.120. The first-order chi connectivity index (χ1) is 4.77. The van der Waals surface area contributed by atoms with E-state index in [1.54, 1.807) is 0 Å². The Morgan fingerprint density at radius 3 is 2.60 bits per heavy atom. The number of aliphatic hydroxyl groups is 2. The summed E-state index contributed by atoms with van der Waals surface area (Å²) in [7, 11) is 0. The standard InChI is InChI=1S/C7H13NO2/c9-5-2-1-4-3-6(10)7(5)8-4/h4-10H,1-3H2/t4-,5-,6+,7-/m0/s1. The van der Waals surface area contributed by atoms with Crippen LogP contribution in [0, 0.1) is 0 Å². The van der Waals surface area contributed by atoms with Gasteiger partial charge in [-0.15, -0.1) is 0 Å². The smallest absolute Gasteiger partial charge is 0.0733 e. The Kier molecular flexibility index (Phi) is 1.44. The second-order valence-electron chi connectivity index (χ2n) is 3.34. The molecule has 3 N–H and O–H groups in total. The lowest BCUT2D eigenvalue weighted by Gasteiger charge is -2.26. The van der Waals surface area contributed by atoms with E-state index in [-0.39, 0.29) is 18.2 Å². The van der Waals surface area contributed by atoms with Crippen molar-refractivity contribution in [2.45, 2.75) is 43.6 Å². The summed E-state index contributed by atoms with van der Waals surface area (Å²) < 4.78 is 0. The summed E-state index contributed by atoms with van der Waals surface area (Å²) in [5.74, 6) is 0. The molecule has 2 aliphatic heterocycles. The monoisotopic (exact) mass is 143 g/mol. The van der Waals surface area contributed by atoms with Crippen molar-refractivity contribution in [3.05, 3.63) is 0 Å². The van der Waals surface area contributed by atoms with Crippen LogP contribution < -0.4 is 5.32 Å².